The highest BCUT2D eigenvalue weighted by Crippen LogP contribution is 2.26. The number of nitrogens with one attached hydrogen (secondary N) is 1. The van der Waals surface area contributed by atoms with Crippen LogP contribution in [0.25, 0.3) is 0 Å². The van der Waals surface area contributed by atoms with E-state index in [1.54, 1.807) is 0 Å². The predicted octanol–water partition coefficient (Wildman–Crippen LogP) is 3.45. The third kappa shape index (κ3) is 4.20. The van der Waals surface area contributed by atoms with E-state index < -0.39 is 0 Å². The van der Waals surface area contributed by atoms with Crippen LogP contribution >= 0.6 is 0 Å². The summed E-state index contributed by atoms with van der Waals surface area (Å²) in [6.45, 7) is 11.1. The average Bonchev–Trinajstić information content (AvgIpc) is 2.71. The van der Waals surface area contributed by atoms with Gasteiger partial charge < -0.3 is 10.2 Å². The largest absolute Gasteiger partial charge is 0.357 e. The fraction of sp³-hybridized carbons (Fsp3) is 0.706. The highest BCUT2D eigenvalue weighted by atomic mass is 15.2. The molecule has 3 heteroatoms. The van der Waals surface area contributed by atoms with Gasteiger partial charge in [0.05, 0.1) is 0 Å². The Morgan fingerprint density at radius 3 is 2.95 bits per heavy atom. The summed E-state index contributed by atoms with van der Waals surface area (Å²) in [5.41, 5.74) is 1.33. The number of nitrogens with zero attached hydrogens (tertiary/aromatic N) is 2. The first-order valence-corrected chi connectivity index (χ1v) is 8.11. The Morgan fingerprint density at radius 2 is 2.20 bits per heavy atom. The van der Waals surface area contributed by atoms with E-state index in [2.05, 4.69) is 48.1 Å². The zero-order chi connectivity index (χ0) is 14.4. The van der Waals surface area contributed by atoms with E-state index in [0.29, 0.717) is 0 Å². The van der Waals surface area contributed by atoms with Crippen molar-refractivity contribution < 1.29 is 0 Å². The molecule has 1 aromatic heterocycles. The molecular weight excluding hydrogens is 246 g/mol. The Kier molecular flexibility index (Phi) is 5.84. The van der Waals surface area contributed by atoms with E-state index in [1.807, 2.05) is 6.20 Å². The summed E-state index contributed by atoms with van der Waals surface area (Å²) in [5, 5.41) is 3.38. The van der Waals surface area contributed by atoms with E-state index in [4.69, 9.17) is 0 Å². The van der Waals surface area contributed by atoms with Crippen molar-refractivity contribution in [3.8, 4) is 0 Å². The van der Waals surface area contributed by atoms with Gasteiger partial charge in [-0.15, -0.1) is 0 Å². The van der Waals surface area contributed by atoms with Crippen LogP contribution in [0.1, 0.15) is 45.6 Å². The highest BCUT2D eigenvalue weighted by molar-refractivity contribution is 5.41. The minimum absolute atomic E-state index is 0.808. The van der Waals surface area contributed by atoms with Crippen molar-refractivity contribution in [3.63, 3.8) is 0 Å². The van der Waals surface area contributed by atoms with Crippen LogP contribution in [0.3, 0.4) is 0 Å². The van der Waals surface area contributed by atoms with Crippen LogP contribution in [-0.2, 0) is 6.54 Å². The van der Waals surface area contributed by atoms with Gasteiger partial charge in [0.25, 0.3) is 0 Å². The van der Waals surface area contributed by atoms with Gasteiger partial charge in [-0.3, -0.25) is 0 Å². The standard InChI is InChI=1S/C17H29N3/c1-4-18-13-15-7-9-19-17(12-15)20-10-5-6-16(8-11-20)14(2)3/h7,9,12,14,16,18H,4-6,8,10-11,13H2,1-3H3. The summed E-state index contributed by atoms with van der Waals surface area (Å²) < 4.78 is 0. The molecule has 0 spiro atoms. The van der Waals surface area contributed by atoms with Gasteiger partial charge in [0.15, 0.2) is 0 Å². The highest BCUT2D eigenvalue weighted by Gasteiger charge is 2.20. The Morgan fingerprint density at radius 1 is 1.35 bits per heavy atom. The molecule has 1 unspecified atom stereocenters. The number of pyridine rings is 1. The fourth-order valence-corrected chi connectivity index (χ4v) is 3.03. The minimum atomic E-state index is 0.808. The number of hydrogen-bond donors (Lipinski definition) is 1. The van der Waals surface area contributed by atoms with Crippen molar-refractivity contribution in [1.29, 1.82) is 0 Å². The topological polar surface area (TPSA) is 28.2 Å². The van der Waals surface area contributed by atoms with Crippen molar-refractivity contribution >= 4 is 5.82 Å². The zero-order valence-electron chi connectivity index (χ0n) is 13.2. The molecule has 2 rings (SSSR count). The Balaban J connectivity index is 2.00. The zero-order valence-corrected chi connectivity index (χ0v) is 13.2. The van der Waals surface area contributed by atoms with Crippen LogP contribution < -0.4 is 10.2 Å². The van der Waals surface area contributed by atoms with Gasteiger partial charge in [-0.2, -0.15) is 0 Å². The normalized spacial score (nSPS) is 20.2. The van der Waals surface area contributed by atoms with E-state index in [0.717, 1.165) is 43.8 Å². The maximum atomic E-state index is 4.58. The number of rotatable bonds is 5. The van der Waals surface area contributed by atoms with E-state index >= 15 is 0 Å². The van der Waals surface area contributed by atoms with E-state index in [1.165, 1.54) is 24.8 Å². The first kappa shape index (κ1) is 15.3. The number of aromatic nitrogens is 1. The first-order chi connectivity index (χ1) is 9.70. The molecule has 0 aliphatic carbocycles. The van der Waals surface area contributed by atoms with Crippen molar-refractivity contribution in [2.75, 3.05) is 24.5 Å². The van der Waals surface area contributed by atoms with Crippen molar-refractivity contribution in [2.24, 2.45) is 11.8 Å². The summed E-state index contributed by atoms with van der Waals surface area (Å²) in [5.74, 6) is 2.85. The predicted molar refractivity (Wildman–Crippen MR) is 86.0 cm³/mol. The molecule has 0 saturated carbocycles. The molecule has 20 heavy (non-hydrogen) atoms. The second-order valence-corrected chi connectivity index (χ2v) is 6.22. The fourth-order valence-electron chi connectivity index (χ4n) is 3.03. The van der Waals surface area contributed by atoms with Crippen LogP contribution in [0.2, 0.25) is 0 Å². The van der Waals surface area contributed by atoms with Crippen LogP contribution in [-0.4, -0.2) is 24.6 Å². The molecule has 0 aromatic carbocycles. The Labute approximate surface area is 123 Å². The molecule has 2 heterocycles. The van der Waals surface area contributed by atoms with Crippen LogP contribution in [0.15, 0.2) is 18.3 Å². The summed E-state index contributed by atoms with van der Waals surface area (Å²) >= 11 is 0. The minimum Gasteiger partial charge on any atom is -0.357 e. The number of anilines is 1. The molecule has 0 bridgehead atoms. The number of hydrogen-bond acceptors (Lipinski definition) is 3. The molecule has 1 aliphatic heterocycles. The smallest absolute Gasteiger partial charge is 0.128 e. The Hall–Kier alpha value is -1.09. The molecule has 3 nitrogen and oxygen atoms in total. The van der Waals surface area contributed by atoms with Gasteiger partial charge in [-0.1, -0.05) is 20.8 Å². The van der Waals surface area contributed by atoms with Gasteiger partial charge in [0, 0.05) is 25.8 Å². The van der Waals surface area contributed by atoms with Gasteiger partial charge >= 0.3 is 0 Å². The average molecular weight is 275 g/mol. The molecular formula is C17H29N3. The summed E-state index contributed by atoms with van der Waals surface area (Å²) in [7, 11) is 0. The second kappa shape index (κ2) is 7.63. The molecule has 1 N–H and O–H groups in total. The quantitative estimate of drug-likeness (QED) is 0.892. The SMILES string of the molecule is CCNCc1ccnc(N2CCCC(C(C)C)CC2)c1. The molecule has 0 radical (unpaired) electrons. The lowest BCUT2D eigenvalue weighted by molar-refractivity contribution is 0.351. The monoisotopic (exact) mass is 275 g/mol. The summed E-state index contributed by atoms with van der Waals surface area (Å²) in [6, 6.07) is 4.36. The molecule has 1 atom stereocenters. The summed E-state index contributed by atoms with van der Waals surface area (Å²) in [6.07, 6.45) is 5.91. The molecule has 1 saturated heterocycles. The van der Waals surface area contributed by atoms with Gasteiger partial charge in [-0.05, 0) is 55.3 Å². The second-order valence-electron chi connectivity index (χ2n) is 6.22. The third-order valence-electron chi connectivity index (χ3n) is 4.43. The van der Waals surface area contributed by atoms with Crippen LogP contribution in [0.5, 0.6) is 0 Å². The van der Waals surface area contributed by atoms with Crippen molar-refractivity contribution in [2.45, 2.75) is 46.6 Å². The van der Waals surface area contributed by atoms with Gasteiger partial charge in [0.1, 0.15) is 5.82 Å². The van der Waals surface area contributed by atoms with Crippen molar-refractivity contribution in [1.82, 2.24) is 10.3 Å². The Bertz CT molecular complexity index is 403. The van der Waals surface area contributed by atoms with Crippen LogP contribution in [0.4, 0.5) is 5.82 Å². The van der Waals surface area contributed by atoms with Crippen LogP contribution in [0, 0.1) is 11.8 Å². The van der Waals surface area contributed by atoms with Gasteiger partial charge in [-0.25, -0.2) is 4.98 Å². The van der Waals surface area contributed by atoms with Gasteiger partial charge in [0.2, 0.25) is 0 Å². The lowest BCUT2D eigenvalue weighted by Crippen LogP contribution is -2.25. The van der Waals surface area contributed by atoms with E-state index in [-0.39, 0.29) is 0 Å². The maximum Gasteiger partial charge on any atom is 0.128 e. The first-order valence-electron chi connectivity index (χ1n) is 8.11. The molecule has 1 fully saturated rings. The van der Waals surface area contributed by atoms with E-state index in [9.17, 15) is 0 Å². The molecule has 1 aliphatic rings. The maximum absolute atomic E-state index is 4.58. The van der Waals surface area contributed by atoms with Crippen molar-refractivity contribution in [3.05, 3.63) is 23.9 Å². The molecule has 0 amide bonds. The molecule has 1 aromatic rings. The lowest BCUT2D eigenvalue weighted by Gasteiger charge is -2.23. The lowest BCUT2D eigenvalue weighted by atomic mass is 9.89. The molecule has 112 valence electrons. The summed E-state index contributed by atoms with van der Waals surface area (Å²) in [4.78, 5) is 7.05. The third-order valence-corrected chi connectivity index (χ3v) is 4.43.